The molecule has 10 atom stereocenters. The highest BCUT2D eigenvalue weighted by Gasteiger charge is 2.40. The van der Waals surface area contributed by atoms with Crippen LogP contribution in [0, 0.1) is 0 Å². The summed E-state index contributed by atoms with van der Waals surface area (Å²) >= 11 is 0. The molecule has 0 radical (unpaired) electrons. The molecular formula is C25H49N3O6. The molecule has 200 valence electrons. The van der Waals surface area contributed by atoms with Crippen LogP contribution in [0.15, 0.2) is 0 Å². The molecule has 34 heavy (non-hydrogen) atoms. The molecule has 3 aliphatic heterocycles. The number of aliphatic hydroxyl groups is 3. The predicted octanol–water partition coefficient (Wildman–Crippen LogP) is 0.157. The van der Waals surface area contributed by atoms with E-state index in [2.05, 4.69) is 35.5 Å². The van der Waals surface area contributed by atoms with E-state index >= 15 is 0 Å². The van der Waals surface area contributed by atoms with Gasteiger partial charge in [0, 0.05) is 57.4 Å². The number of hydrogen-bond acceptors (Lipinski definition) is 9. The third-order valence-corrected chi connectivity index (χ3v) is 7.59. The van der Waals surface area contributed by atoms with Crippen molar-refractivity contribution in [1.82, 2.24) is 14.7 Å². The molecule has 3 heterocycles. The summed E-state index contributed by atoms with van der Waals surface area (Å²) in [6, 6.07) is 1.57. The van der Waals surface area contributed by atoms with Crippen molar-refractivity contribution in [1.29, 1.82) is 0 Å². The molecule has 9 nitrogen and oxygen atoms in total. The summed E-state index contributed by atoms with van der Waals surface area (Å²) in [5.41, 5.74) is -1.52. The van der Waals surface area contributed by atoms with Gasteiger partial charge in [-0.2, -0.15) is 0 Å². The Hall–Kier alpha value is -0.360. The van der Waals surface area contributed by atoms with Gasteiger partial charge in [0.1, 0.15) is 6.10 Å². The van der Waals surface area contributed by atoms with E-state index in [0.29, 0.717) is 37.8 Å². The second-order valence-electron chi connectivity index (χ2n) is 11.9. The summed E-state index contributed by atoms with van der Waals surface area (Å²) < 4.78 is 18.5. The zero-order chi connectivity index (χ0) is 25.3. The molecule has 0 bridgehead atoms. The van der Waals surface area contributed by atoms with Crippen LogP contribution in [-0.4, -0.2) is 143 Å². The molecule has 3 N–H and O–H groups in total. The fourth-order valence-corrected chi connectivity index (χ4v) is 4.20. The van der Waals surface area contributed by atoms with Crippen LogP contribution < -0.4 is 0 Å². The van der Waals surface area contributed by atoms with E-state index in [9.17, 15) is 15.3 Å². The summed E-state index contributed by atoms with van der Waals surface area (Å²) in [6.45, 7) is 19.4. The summed E-state index contributed by atoms with van der Waals surface area (Å²) in [5, 5.41) is 31.6. The fourth-order valence-electron chi connectivity index (χ4n) is 4.20. The van der Waals surface area contributed by atoms with Gasteiger partial charge < -0.3 is 29.5 Å². The Balaban J connectivity index is 1.53. The molecule has 3 saturated heterocycles. The molecule has 10 unspecified atom stereocenters. The van der Waals surface area contributed by atoms with Crippen molar-refractivity contribution < 1.29 is 29.5 Å². The summed E-state index contributed by atoms with van der Waals surface area (Å²) in [5.74, 6) is 0. The van der Waals surface area contributed by atoms with Gasteiger partial charge in [0.2, 0.25) is 0 Å². The van der Waals surface area contributed by atoms with Crippen LogP contribution in [0.5, 0.6) is 0 Å². The van der Waals surface area contributed by atoms with Crippen LogP contribution in [0.3, 0.4) is 0 Å². The lowest BCUT2D eigenvalue weighted by molar-refractivity contribution is -0.195. The molecule has 0 aliphatic carbocycles. The maximum atomic E-state index is 10.7. The quantitative estimate of drug-likeness (QED) is 0.248. The smallest absolute Gasteiger partial charge is 0.109 e. The van der Waals surface area contributed by atoms with Crippen LogP contribution >= 0.6 is 0 Å². The van der Waals surface area contributed by atoms with Gasteiger partial charge in [0.05, 0.1) is 49.3 Å². The Morgan fingerprint density at radius 3 is 1.56 bits per heavy atom. The number of aliphatic hydroxyl groups excluding tert-OH is 3. The van der Waals surface area contributed by atoms with Crippen molar-refractivity contribution in [2.75, 3.05) is 59.1 Å². The average molecular weight is 488 g/mol. The second-order valence-corrected chi connectivity index (χ2v) is 11.9. The lowest BCUT2D eigenvalue weighted by Gasteiger charge is -2.38. The first-order chi connectivity index (χ1) is 15.8. The molecule has 0 aromatic heterocycles. The van der Waals surface area contributed by atoms with E-state index in [4.69, 9.17) is 14.2 Å². The van der Waals surface area contributed by atoms with Crippen molar-refractivity contribution in [3.05, 3.63) is 0 Å². The number of hydrogen-bond donors (Lipinski definition) is 3. The summed E-state index contributed by atoms with van der Waals surface area (Å²) in [7, 11) is 0. The van der Waals surface area contributed by atoms with E-state index in [0.717, 1.165) is 19.6 Å². The maximum absolute atomic E-state index is 10.7. The molecule has 9 heteroatoms. The normalized spacial score (nSPS) is 34.4. The Bertz CT molecular complexity index is 650. The van der Waals surface area contributed by atoms with Gasteiger partial charge in [0.25, 0.3) is 0 Å². The lowest BCUT2D eigenvalue weighted by Crippen LogP contribution is -2.51. The zero-order valence-electron chi connectivity index (χ0n) is 22.3. The van der Waals surface area contributed by atoms with Gasteiger partial charge in [-0.15, -0.1) is 0 Å². The van der Waals surface area contributed by atoms with E-state index in [-0.39, 0.29) is 19.8 Å². The molecule has 3 fully saturated rings. The van der Waals surface area contributed by atoms with Crippen LogP contribution in [0.2, 0.25) is 0 Å². The van der Waals surface area contributed by atoms with Crippen LogP contribution in [-0.2, 0) is 14.2 Å². The van der Waals surface area contributed by atoms with Crippen molar-refractivity contribution in [3.63, 3.8) is 0 Å². The van der Waals surface area contributed by atoms with Gasteiger partial charge in [-0.05, 0) is 48.5 Å². The molecule has 0 aromatic carbocycles. The molecule has 0 saturated carbocycles. The third kappa shape index (κ3) is 8.64. The van der Waals surface area contributed by atoms with Crippen LogP contribution in [0.25, 0.3) is 0 Å². The fraction of sp³-hybridized carbons (Fsp3) is 1.00. The highest BCUT2D eigenvalue weighted by Crippen LogP contribution is 2.26. The predicted molar refractivity (Wildman–Crippen MR) is 131 cm³/mol. The van der Waals surface area contributed by atoms with Crippen molar-refractivity contribution >= 4 is 0 Å². The van der Waals surface area contributed by atoms with Crippen LogP contribution in [0.1, 0.15) is 48.5 Å². The average Bonchev–Trinajstić information content (AvgIpc) is 3.69. The second kappa shape index (κ2) is 11.4. The van der Waals surface area contributed by atoms with Crippen molar-refractivity contribution in [2.45, 2.75) is 102 Å². The topological polar surface area (TPSA) is 97.4 Å². The first kappa shape index (κ1) is 28.2. The van der Waals surface area contributed by atoms with E-state index < -0.39 is 35.6 Å². The lowest BCUT2D eigenvalue weighted by atomic mass is 9.99. The van der Waals surface area contributed by atoms with Crippen molar-refractivity contribution in [3.8, 4) is 0 Å². The molecule has 3 rings (SSSR count). The highest BCUT2D eigenvalue weighted by atomic mass is 16.6. The summed E-state index contributed by atoms with van der Waals surface area (Å²) in [6.07, 6.45) is -2.28. The Kier molecular flexibility index (Phi) is 9.42. The SMILES string of the molecule is CC1CN1CC(O)COC(COC(C)(C)C(O)CN1CC1C)C(C)(C)OCC(O)CN1CC1C. The Morgan fingerprint density at radius 2 is 1.09 bits per heavy atom. The number of nitrogens with zero attached hydrogens (tertiary/aromatic N) is 3. The monoisotopic (exact) mass is 487 g/mol. The molecule has 0 amide bonds. The largest absolute Gasteiger partial charge is 0.389 e. The minimum absolute atomic E-state index is 0.173. The minimum Gasteiger partial charge on any atom is -0.389 e. The molecule has 0 aromatic rings. The van der Waals surface area contributed by atoms with E-state index in [1.165, 1.54) is 0 Å². The summed E-state index contributed by atoms with van der Waals surface area (Å²) in [4.78, 5) is 6.60. The standard InChI is InChI=1S/C25H49N3O6/c1-17-8-26(17)11-20(29)14-32-23(16-34-24(4,5)22(31)13-28-10-19(28)3)25(6,7)33-15-21(30)12-27-9-18(27)2/h17-23,29-31H,8-16H2,1-7H3. The minimum atomic E-state index is -0.761. The third-order valence-electron chi connectivity index (χ3n) is 7.59. The van der Waals surface area contributed by atoms with Crippen LogP contribution in [0.4, 0.5) is 0 Å². The van der Waals surface area contributed by atoms with Gasteiger partial charge in [-0.25, -0.2) is 0 Å². The molecular weight excluding hydrogens is 438 g/mol. The van der Waals surface area contributed by atoms with Gasteiger partial charge >= 0.3 is 0 Å². The number of ether oxygens (including phenoxy) is 3. The van der Waals surface area contributed by atoms with Gasteiger partial charge in [0.15, 0.2) is 0 Å². The van der Waals surface area contributed by atoms with Gasteiger partial charge in [-0.1, -0.05) is 0 Å². The van der Waals surface area contributed by atoms with E-state index in [1.54, 1.807) is 0 Å². The van der Waals surface area contributed by atoms with Gasteiger partial charge in [-0.3, -0.25) is 14.7 Å². The Labute approximate surface area is 205 Å². The Morgan fingerprint density at radius 1 is 0.676 bits per heavy atom. The number of rotatable bonds is 17. The van der Waals surface area contributed by atoms with Crippen molar-refractivity contribution in [2.24, 2.45) is 0 Å². The molecule has 0 spiro atoms. The highest BCUT2D eigenvalue weighted by molar-refractivity contribution is 4.92. The first-order valence-corrected chi connectivity index (χ1v) is 12.9. The zero-order valence-corrected chi connectivity index (χ0v) is 22.3. The first-order valence-electron chi connectivity index (χ1n) is 12.9. The maximum Gasteiger partial charge on any atom is 0.109 e. The molecule has 3 aliphatic rings. The number of β-amino-alcohol motifs (C(OH)–C–C–N with tert-alkyl or cyclic N) is 3. The van der Waals surface area contributed by atoms with E-state index in [1.807, 2.05) is 27.7 Å².